The molecule has 5 aliphatic heterocycles. The SMILES string of the molecule is CCCCC[C@@H]1O[C@@H](O[C@H]2[C@H](OC([C@H]3COC(C)(C)O3)[C@@H]3OC(C)(C)O[C@H]3C(OC)OC)O[C@H](CO)[C@@H]3OC(C)(C)O[C@@H]32)[C@@H](OCc2ccccc2)[C@H](OCc2ccccc2)[C@@H]1OCc1ccccc1. The lowest BCUT2D eigenvalue weighted by atomic mass is 9.93. The highest BCUT2D eigenvalue weighted by Crippen LogP contribution is 2.44. The van der Waals surface area contributed by atoms with E-state index in [0.29, 0.717) is 13.0 Å². The van der Waals surface area contributed by atoms with Gasteiger partial charge >= 0.3 is 0 Å². The number of methoxy groups -OCH3 is 2. The molecule has 1 unspecified atom stereocenters. The molecule has 16 heteroatoms. The first kappa shape index (κ1) is 53.3. The minimum atomic E-state index is -1.25. The molecule has 5 aliphatic rings. The highest BCUT2D eigenvalue weighted by molar-refractivity contribution is 5.16. The molecule has 16 nitrogen and oxygen atoms in total. The topological polar surface area (TPSA) is 159 Å². The average molecular weight is 981 g/mol. The summed E-state index contributed by atoms with van der Waals surface area (Å²) >= 11 is 0. The second kappa shape index (κ2) is 23.9. The van der Waals surface area contributed by atoms with Crippen LogP contribution in [0.4, 0.5) is 0 Å². The van der Waals surface area contributed by atoms with Crippen LogP contribution in [0.15, 0.2) is 91.0 Å². The van der Waals surface area contributed by atoms with Gasteiger partial charge in [-0.25, -0.2) is 0 Å². The molecule has 5 fully saturated rings. The molecule has 8 rings (SSSR count). The molecule has 5 heterocycles. The molecule has 0 saturated carbocycles. The van der Waals surface area contributed by atoms with Gasteiger partial charge in [-0.1, -0.05) is 117 Å². The average Bonchev–Trinajstić information content (AvgIpc) is 4.00. The van der Waals surface area contributed by atoms with Crippen LogP contribution in [0.25, 0.3) is 0 Å². The Morgan fingerprint density at radius 2 is 1.10 bits per heavy atom. The van der Waals surface area contributed by atoms with Crippen molar-refractivity contribution >= 4 is 0 Å². The number of rotatable bonds is 23. The summed E-state index contributed by atoms with van der Waals surface area (Å²) in [5, 5.41) is 11.0. The maximum atomic E-state index is 11.0. The number of ether oxygens (including phenoxy) is 15. The van der Waals surface area contributed by atoms with Gasteiger partial charge in [0, 0.05) is 14.2 Å². The van der Waals surface area contributed by atoms with Gasteiger partial charge in [0.15, 0.2) is 36.2 Å². The predicted octanol–water partition coefficient (Wildman–Crippen LogP) is 7.35. The monoisotopic (exact) mass is 981 g/mol. The van der Waals surface area contributed by atoms with Gasteiger partial charge in [-0.05, 0) is 64.7 Å². The van der Waals surface area contributed by atoms with E-state index in [2.05, 4.69) is 6.92 Å². The largest absolute Gasteiger partial charge is 0.394 e. The van der Waals surface area contributed by atoms with Crippen LogP contribution in [0.5, 0.6) is 0 Å². The van der Waals surface area contributed by atoms with Gasteiger partial charge in [0.2, 0.25) is 0 Å². The Morgan fingerprint density at radius 1 is 0.571 bits per heavy atom. The number of aliphatic hydroxyl groups excluding tert-OH is 1. The second-order valence-corrected chi connectivity index (χ2v) is 20.1. The van der Waals surface area contributed by atoms with Crippen LogP contribution in [0.1, 0.15) is 90.8 Å². The maximum absolute atomic E-state index is 11.0. The third kappa shape index (κ3) is 13.2. The van der Waals surface area contributed by atoms with E-state index in [0.717, 1.165) is 36.0 Å². The highest BCUT2D eigenvalue weighted by Gasteiger charge is 2.61. The molecule has 0 aromatic heterocycles. The van der Waals surface area contributed by atoms with Crippen LogP contribution >= 0.6 is 0 Å². The Labute approximate surface area is 413 Å². The molecule has 0 spiro atoms. The van der Waals surface area contributed by atoms with Gasteiger partial charge in [0.05, 0.1) is 39.1 Å². The van der Waals surface area contributed by atoms with Gasteiger partial charge in [-0.2, -0.15) is 0 Å². The lowest BCUT2D eigenvalue weighted by molar-refractivity contribution is -0.377. The number of unbranched alkanes of at least 4 members (excludes halogenated alkanes) is 2. The van der Waals surface area contributed by atoms with E-state index in [4.69, 9.17) is 71.1 Å². The number of hydrogen-bond acceptors (Lipinski definition) is 16. The first-order valence-corrected chi connectivity index (χ1v) is 25.0. The van der Waals surface area contributed by atoms with Crippen molar-refractivity contribution in [2.24, 2.45) is 0 Å². The third-order valence-corrected chi connectivity index (χ3v) is 13.3. The molecule has 0 amide bonds. The Kier molecular flexibility index (Phi) is 18.2. The Morgan fingerprint density at radius 3 is 1.64 bits per heavy atom. The summed E-state index contributed by atoms with van der Waals surface area (Å²) in [5.74, 6) is -3.12. The first-order valence-electron chi connectivity index (χ1n) is 25.0. The van der Waals surface area contributed by atoms with E-state index in [1.165, 1.54) is 14.2 Å². The highest BCUT2D eigenvalue weighted by atomic mass is 16.8. The summed E-state index contributed by atoms with van der Waals surface area (Å²) in [5.41, 5.74) is 2.95. The quantitative estimate of drug-likeness (QED) is 0.0742. The lowest BCUT2D eigenvalue weighted by Gasteiger charge is -2.49. The summed E-state index contributed by atoms with van der Waals surface area (Å²) in [6, 6.07) is 30.1. The van der Waals surface area contributed by atoms with E-state index >= 15 is 0 Å². The van der Waals surface area contributed by atoms with Crippen molar-refractivity contribution in [2.45, 2.75) is 203 Å². The Bertz CT molecular complexity index is 2000. The zero-order valence-corrected chi connectivity index (χ0v) is 42.3. The standard InChI is InChI=1S/C54H76O16/c1-10-11-15-28-37-40(58-30-34-22-16-12-17-23-34)43(59-31-35-24-18-13-19-25-35)46(60-32-36-26-20-14-21-27-36)50(62-37)65-47-45-42(67-53(4,5)69-45)38(29-55)63-51(47)64-41(39-33-61-52(2,3)66-39)44-48(49(56-8)57-9)70-54(6,7)68-44/h12-14,16-27,37-51,55H,10-11,15,28-33H2,1-9H3/t37-,38+,39+,40+,41?,42-,43+,44-,45-,46-,47+,48+,50-,51-/m0/s1. The normalized spacial score (nSPS) is 33.9. The maximum Gasteiger partial charge on any atom is 0.187 e. The molecule has 70 heavy (non-hydrogen) atoms. The number of fused-ring (bicyclic) bond motifs is 1. The Balaban J connectivity index is 1.20. The number of hydrogen-bond donors (Lipinski definition) is 1. The van der Waals surface area contributed by atoms with Crippen LogP contribution in [0.2, 0.25) is 0 Å². The van der Waals surface area contributed by atoms with E-state index < -0.39 is 116 Å². The molecule has 3 aromatic carbocycles. The lowest BCUT2D eigenvalue weighted by Crippen LogP contribution is -2.65. The summed E-state index contributed by atoms with van der Waals surface area (Å²) in [6.07, 6.45) is -9.14. The van der Waals surface area contributed by atoms with Crippen molar-refractivity contribution < 1.29 is 76.2 Å². The first-order chi connectivity index (χ1) is 33.7. The van der Waals surface area contributed by atoms with Gasteiger partial charge in [-0.15, -0.1) is 0 Å². The van der Waals surface area contributed by atoms with E-state index in [1.807, 2.05) is 133 Å². The molecule has 3 aromatic rings. The molecule has 388 valence electrons. The van der Waals surface area contributed by atoms with Crippen molar-refractivity contribution in [1.29, 1.82) is 0 Å². The minimum Gasteiger partial charge on any atom is -0.394 e. The fourth-order valence-electron chi connectivity index (χ4n) is 10.1. The van der Waals surface area contributed by atoms with Crippen LogP contribution in [-0.2, 0) is 90.9 Å². The molecular weight excluding hydrogens is 905 g/mol. The summed E-state index contributed by atoms with van der Waals surface area (Å²) in [7, 11) is 3.08. The molecule has 14 atom stereocenters. The zero-order chi connectivity index (χ0) is 49.5. The van der Waals surface area contributed by atoms with Crippen molar-refractivity contribution in [3.8, 4) is 0 Å². The van der Waals surface area contributed by atoms with E-state index in [9.17, 15) is 5.11 Å². The van der Waals surface area contributed by atoms with Gasteiger partial charge in [0.1, 0.15) is 67.1 Å². The van der Waals surface area contributed by atoms with Crippen molar-refractivity contribution in [3.05, 3.63) is 108 Å². The fraction of sp³-hybridized carbons (Fsp3) is 0.667. The van der Waals surface area contributed by atoms with E-state index in [-0.39, 0.29) is 19.8 Å². The third-order valence-electron chi connectivity index (χ3n) is 13.3. The second-order valence-electron chi connectivity index (χ2n) is 20.1. The summed E-state index contributed by atoms with van der Waals surface area (Å²) in [4.78, 5) is 0. The minimum absolute atomic E-state index is 0.154. The molecule has 5 saturated heterocycles. The molecular formula is C54H76O16. The molecule has 0 radical (unpaired) electrons. The van der Waals surface area contributed by atoms with Crippen LogP contribution in [0.3, 0.4) is 0 Å². The number of benzene rings is 3. The van der Waals surface area contributed by atoms with Crippen LogP contribution < -0.4 is 0 Å². The van der Waals surface area contributed by atoms with Gasteiger partial charge < -0.3 is 76.2 Å². The summed E-state index contributed by atoms with van der Waals surface area (Å²) < 4.78 is 100. The fourth-order valence-corrected chi connectivity index (χ4v) is 10.1. The van der Waals surface area contributed by atoms with Crippen molar-refractivity contribution in [2.75, 3.05) is 27.4 Å². The van der Waals surface area contributed by atoms with Crippen molar-refractivity contribution in [3.63, 3.8) is 0 Å². The van der Waals surface area contributed by atoms with E-state index in [1.54, 1.807) is 0 Å². The summed E-state index contributed by atoms with van der Waals surface area (Å²) in [6.45, 7) is 13.7. The van der Waals surface area contributed by atoms with Crippen LogP contribution in [0, 0.1) is 0 Å². The van der Waals surface area contributed by atoms with Gasteiger partial charge in [0.25, 0.3) is 0 Å². The van der Waals surface area contributed by atoms with Gasteiger partial charge in [-0.3, -0.25) is 0 Å². The zero-order valence-electron chi connectivity index (χ0n) is 42.3. The smallest absolute Gasteiger partial charge is 0.187 e. The predicted molar refractivity (Wildman–Crippen MR) is 254 cm³/mol. The molecule has 1 N–H and O–H groups in total. The van der Waals surface area contributed by atoms with Crippen LogP contribution in [-0.4, -0.2) is 142 Å². The Hall–Kier alpha value is -2.98. The molecule has 0 aliphatic carbocycles. The van der Waals surface area contributed by atoms with Crippen molar-refractivity contribution in [1.82, 2.24) is 0 Å². The molecule has 0 bridgehead atoms. The number of aliphatic hydroxyl groups is 1.